The maximum atomic E-state index is 4.84. The summed E-state index contributed by atoms with van der Waals surface area (Å²) in [5.41, 5.74) is 2.96. The van der Waals surface area contributed by atoms with Crippen molar-refractivity contribution < 1.29 is 0 Å². The molecule has 128 valence electrons. The molecule has 5 heteroatoms. The summed E-state index contributed by atoms with van der Waals surface area (Å²) in [5, 5.41) is 3.47. The lowest BCUT2D eigenvalue weighted by Crippen LogP contribution is -2.42. The molecular weight excluding hydrogens is 399 g/mol. The Hall–Kier alpha value is -0.850. The van der Waals surface area contributed by atoms with Crippen molar-refractivity contribution in [3.8, 4) is 0 Å². The Labute approximate surface area is 157 Å². The van der Waals surface area contributed by atoms with Crippen molar-refractivity contribution in [3.05, 3.63) is 29.6 Å². The van der Waals surface area contributed by atoms with E-state index in [4.69, 9.17) is 4.99 Å². The first-order chi connectivity index (χ1) is 10.7. The molecule has 23 heavy (non-hydrogen) atoms. The van der Waals surface area contributed by atoms with Crippen molar-refractivity contribution >= 4 is 29.9 Å². The van der Waals surface area contributed by atoms with Crippen LogP contribution in [0.25, 0.3) is 0 Å². The molecule has 0 unspecified atom stereocenters. The number of likely N-dealkylation sites (tertiary alicyclic amines) is 1. The van der Waals surface area contributed by atoms with Gasteiger partial charge >= 0.3 is 0 Å². The number of pyridine rings is 1. The maximum absolute atomic E-state index is 4.84. The molecule has 1 saturated heterocycles. The number of hydrogen-bond donors (Lipinski definition) is 1. The predicted molar refractivity (Wildman–Crippen MR) is 107 cm³/mol. The van der Waals surface area contributed by atoms with Gasteiger partial charge in [-0.1, -0.05) is 12.5 Å². The molecule has 4 nitrogen and oxygen atoms in total. The molecule has 2 fully saturated rings. The van der Waals surface area contributed by atoms with Crippen molar-refractivity contribution in [1.82, 2.24) is 15.2 Å². The van der Waals surface area contributed by atoms with Gasteiger partial charge < -0.3 is 10.2 Å². The average molecular weight is 428 g/mol. The third-order valence-electron chi connectivity index (χ3n) is 5.12. The molecule has 0 radical (unpaired) electrons. The van der Waals surface area contributed by atoms with E-state index in [-0.39, 0.29) is 24.0 Å². The standard InChI is InChI=1S/C18H28N4.HI/c1-3-19-17(22-12-10-18(14-22)8-4-9-18)20-11-7-16-6-5-15(2)21-13-16;/h5-6,13H,3-4,7-12,14H2,1-2H3,(H,19,20);1H. The van der Waals surface area contributed by atoms with E-state index in [0.29, 0.717) is 5.41 Å². The molecule has 2 heterocycles. The van der Waals surface area contributed by atoms with Gasteiger partial charge in [-0.25, -0.2) is 0 Å². The Balaban J connectivity index is 0.00000192. The van der Waals surface area contributed by atoms with Gasteiger partial charge in [0, 0.05) is 38.1 Å². The van der Waals surface area contributed by atoms with E-state index in [2.05, 4.69) is 34.3 Å². The van der Waals surface area contributed by atoms with Gasteiger partial charge in [0.15, 0.2) is 5.96 Å². The topological polar surface area (TPSA) is 40.5 Å². The van der Waals surface area contributed by atoms with E-state index >= 15 is 0 Å². The molecule has 1 spiro atoms. The van der Waals surface area contributed by atoms with Crippen LogP contribution < -0.4 is 5.32 Å². The molecule has 0 amide bonds. The molecule has 1 saturated carbocycles. The van der Waals surface area contributed by atoms with E-state index in [1.807, 2.05) is 13.1 Å². The number of guanidine groups is 1. The smallest absolute Gasteiger partial charge is 0.193 e. The molecule has 1 aromatic heterocycles. The number of hydrogen-bond acceptors (Lipinski definition) is 2. The van der Waals surface area contributed by atoms with Gasteiger partial charge in [-0.3, -0.25) is 9.98 Å². The fraction of sp³-hybridized carbons (Fsp3) is 0.667. The van der Waals surface area contributed by atoms with Crippen molar-refractivity contribution in [2.75, 3.05) is 26.2 Å². The summed E-state index contributed by atoms with van der Waals surface area (Å²) in [6.07, 6.45) is 8.52. The minimum Gasteiger partial charge on any atom is -0.357 e. The Kier molecular flexibility index (Phi) is 6.68. The van der Waals surface area contributed by atoms with Crippen LogP contribution >= 0.6 is 24.0 Å². The summed E-state index contributed by atoms with van der Waals surface area (Å²) >= 11 is 0. The van der Waals surface area contributed by atoms with E-state index < -0.39 is 0 Å². The van der Waals surface area contributed by atoms with Crippen LogP contribution in [0.15, 0.2) is 23.3 Å². The summed E-state index contributed by atoms with van der Waals surface area (Å²) in [5.74, 6) is 1.10. The first kappa shape index (κ1) is 18.5. The van der Waals surface area contributed by atoms with Crippen LogP contribution in [0.4, 0.5) is 0 Å². The van der Waals surface area contributed by atoms with E-state index in [9.17, 15) is 0 Å². The van der Waals surface area contributed by atoms with Crippen LogP contribution in [0.1, 0.15) is 43.9 Å². The average Bonchev–Trinajstić information content (AvgIpc) is 2.94. The van der Waals surface area contributed by atoms with E-state index in [1.165, 1.54) is 37.8 Å². The van der Waals surface area contributed by atoms with Crippen molar-refractivity contribution in [2.24, 2.45) is 10.4 Å². The second kappa shape index (κ2) is 8.31. The monoisotopic (exact) mass is 428 g/mol. The second-order valence-electron chi connectivity index (χ2n) is 6.82. The molecule has 0 aromatic carbocycles. The Morgan fingerprint density at radius 3 is 2.74 bits per heavy atom. The zero-order valence-electron chi connectivity index (χ0n) is 14.3. The van der Waals surface area contributed by atoms with Gasteiger partial charge in [0.1, 0.15) is 0 Å². The van der Waals surface area contributed by atoms with E-state index in [0.717, 1.165) is 37.7 Å². The number of nitrogens with one attached hydrogen (secondary N) is 1. The summed E-state index contributed by atoms with van der Waals surface area (Å²) in [4.78, 5) is 11.7. The Morgan fingerprint density at radius 2 is 2.17 bits per heavy atom. The number of nitrogens with zero attached hydrogens (tertiary/aromatic N) is 3. The van der Waals surface area contributed by atoms with Crippen LogP contribution in [0.2, 0.25) is 0 Å². The van der Waals surface area contributed by atoms with Gasteiger partial charge in [0.25, 0.3) is 0 Å². The lowest BCUT2D eigenvalue weighted by atomic mass is 9.68. The van der Waals surface area contributed by atoms with Gasteiger partial charge in [-0.15, -0.1) is 24.0 Å². The lowest BCUT2D eigenvalue weighted by molar-refractivity contribution is 0.151. The third kappa shape index (κ3) is 4.58. The fourth-order valence-corrected chi connectivity index (χ4v) is 3.56. The third-order valence-corrected chi connectivity index (χ3v) is 5.12. The highest BCUT2D eigenvalue weighted by molar-refractivity contribution is 14.0. The quantitative estimate of drug-likeness (QED) is 0.454. The van der Waals surface area contributed by atoms with Gasteiger partial charge in [-0.2, -0.15) is 0 Å². The highest BCUT2D eigenvalue weighted by atomic mass is 127. The molecule has 1 aliphatic carbocycles. The van der Waals surface area contributed by atoms with Crippen LogP contribution in [-0.2, 0) is 6.42 Å². The molecule has 0 bridgehead atoms. The van der Waals surface area contributed by atoms with Crippen LogP contribution in [-0.4, -0.2) is 42.0 Å². The summed E-state index contributed by atoms with van der Waals surface area (Å²) < 4.78 is 0. The first-order valence-electron chi connectivity index (χ1n) is 8.66. The highest BCUT2D eigenvalue weighted by Crippen LogP contribution is 2.47. The predicted octanol–water partition coefficient (Wildman–Crippen LogP) is 3.39. The van der Waals surface area contributed by atoms with Gasteiger partial charge in [-0.05, 0) is 56.6 Å². The summed E-state index contributed by atoms with van der Waals surface area (Å²) in [6.45, 7) is 8.30. The van der Waals surface area contributed by atoms with Crippen LogP contribution in [0.5, 0.6) is 0 Å². The number of aliphatic imine (C=N–C) groups is 1. The minimum absolute atomic E-state index is 0. The number of halogens is 1. The first-order valence-corrected chi connectivity index (χ1v) is 8.66. The largest absolute Gasteiger partial charge is 0.357 e. The van der Waals surface area contributed by atoms with Gasteiger partial charge in [0.05, 0.1) is 0 Å². The molecule has 0 atom stereocenters. The number of aromatic nitrogens is 1. The zero-order chi connectivity index (χ0) is 15.4. The maximum Gasteiger partial charge on any atom is 0.193 e. The molecule has 2 aliphatic rings. The Morgan fingerprint density at radius 1 is 1.35 bits per heavy atom. The van der Waals surface area contributed by atoms with Crippen LogP contribution in [0.3, 0.4) is 0 Å². The van der Waals surface area contributed by atoms with E-state index in [1.54, 1.807) is 0 Å². The van der Waals surface area contributed by atoms with Crippen molar-refractivity contribution in [3.63, 3.8) is 0 Å². The second-order valence-corrected chi connectivity index (χ2v) is 6.82. The summed E-state index contributed by atoms with van der Waals surface area (Å²) in [7, 11) is 0. The van der Waals surface area contributed by atoms with Crippen LogP contribution in [0, 0.1) is 12.3 Å². The number of aryl methyl sites for hydroxylation is 1. The fourth-order valence-electron chi connectivity index (χ4n) is 3.56. The molecule has 1 N–H and O–H groups in total. The zero-order valence-corrected chi connectivity index (χ0v) is 16.7. The highest BCUT2D eigenvalue weighted by Gasteiger charge is 2.43. The summed E-state index contributed by atoms with van der Waals surface area (Å²) in [6, 6.07) is 4.23. The molecule has 1 aromatic rings. The minimum atomic E-state index is 0. The molecule has 1 aliphatic heterocycles. The Bertz CT molecular complexity index is 522. The lowest BCUT2D eigenvalue weighted by Gasteiger charge is -2.38. The van der Waals surface area contributed by atoms with Crippen molar-refractivity contribution in [1.29, 1.82) is 0 Å². The molecule has 3 rings (SSSR count). The molecular formula is C18H29IN4. The SMILES string of the molecule is CCNC(=NCCc1ccc(C)nc1)N1CCC2(CCC2)C1.I. The van der Waals surface area contributed by atoms with Crippen molar-refractivity contribution in [2.45, 2.75) is 46.0 Å². The number of rotatable bonds is 4. The normalized spacial score (nSPS) is 19.4. The van der Waals surface area contributed by atoms with Gasteiger partial charge in [0.2, 0.25) is 0 Å².